The summed E-state index contributed by atoms with van der Waals surface area (Å²) in [7, 11) is -9.88. The molecule has 0 aliphatic carbocycles. The Morgan fingerprint density at radius 1 is 0.279 bits per heavy atom. The summed E-state index contributed by atoms with van der Waals surface area (Å²) in [6.45, 7) is 4.84. The number of carbonyl (C=O) groups is 4. The molecule has 0 radical (unpaired) electrons. The van der Waals surface area contributed by atoms with Crippen LogP contribution in [0.1, 0.15) is 349 Å². The fraction of sp³-hybridized carbons (Fsp3) is 0.940. The zero-order valence-corrected chi connectivity index (χ0v) is 57.1. The second-order valence-corrected chi connectivity index (χ2v) is 27.1. The van der Waals surface area contributed by atoms with Crippen LogP contribution in [-0.2, 0) is 65.4 Å². The van der Waals surface area contributed by atoms with E-state index in [1.165, 1.54) is 154 Å². The van der Waals surface area contributed by atoms with Gasteiger partial charge in [0, 0.05) is 25.7 Å². The van der Waals surface area contributed by atoms with E-state index < -0.39 is 97.5 Å². The van der Waals surface area contributed by atoms with Crippen molar-refractivity contribution in [2.45, 2.75) is 367 Å². The van der Waals surface area contributed by atoms with Crippen molar-refractivity contribution in [1.82, 2.24) is 0 Å². The summed E-state index contributed by atoms with van der Waals surface area (Å²) in [5.74, 6) is -2.13. The van der Waals surface area contributed by atoms with Crippen molar-refractivity contribution in [3.63, 3.8) is 0 Å². The first-order chi connectivity index (χ1) is 41.7. The number of rotatable bonds is 68. The van der Waals surface area contributed by atoms with E-state index in [1.54, 1.807) is 0 Å². The van der Waals surface area contributed by atoms with Gasteiger partial charge in [-0.1, -0.05) is 297 Å². The Morgan fingerprint density at radius 3 is 0.686 bits per heavy atom. The minimum absolute atomic E-state index is 0.104. The summed E-state index contributed by atoms with van der Waals surface area (Å²) < 4.78 is 67.9. The molecule has 0 rings (SSSR count). The number of unbranched alkanes of at least 4 members (excludes halogenated alkanes) is 42. The Balaban J connectivity index is 5.13. The lowest BCUT2D eigenvalue weighted by atomic mass is 10.0. The minimum Gasteiger partial charge on any atom is -0.462 e. The maximum atomic E-state index is 13.0. The molecule has 0 heterocycles. The van der Waals surface area contributed by atoms with Crippen LogP contribution < -0.4 is 0 Å². The van der Waals surface area contributed by atoms with Gasteiger partial charge in [0.05, 0.1) is 26.4 Å². The van der Waals surface area contributed by atoms with Crippen molar-refractivity contribution < 1.29 is 80.2 Å². The van der Waals surface area contributed by atoms with Gasteiger partial charge < -0.3 is 33.8 Å². The van der Waals surface area contributed by atoms with Crippen molar-refractivity contribution in [2.75, 3.05) is 39.6 Å². The summed E-state index contributed by atoms with van der Waals surface area (Å²) in [6.07, 6.45) is 48.9. The van der Waals surface area contributed by atoms with E-state index in [-0.39, 0.29) is 25.7 Å². The molecule has 19 heteroatoms. The fourth-order valence-corrected chi connectivity index (χ4v) is 11.7. The predicted octanol–water partition coefficient (Wildman–Crippen LogP) is 19.1. The molecule has 0 saturated carbocycles. The van der Waals surface area contributed by atoms with Crippen LogP contribution in [0.3, 0.4) is 0 Å². The third kappa shape index (κ3) is 60.9. The van der Waals surface area contributed by atoms with Gasteiger partial charge in [-0.3, -0.25) is 37.3 Å². The van der Waals surface area contributed by atoms with Crippen LogP contribution in [0.5, 0.6) is 0 Å². The summed E-state index contributed by atoms with van der Waals surface area (Å²) in [5, 5.41) is 10.5. The SMILES string of the molecule is CCCCCCCCCCCCCCCCCCCCCC(=O)O[C@H](COC(=O)CCCCCCCCCCCCCCC)COP(=O)(O)OC[C@@H](O)COP(=O)(O)OC[C@@H](COC(=O)CCCCCCCCC)OC(=O)CCCCCCCCC. The summed E-state index contributed by atoms with van der Waals surface area (Å²) in [6, 6.07) is 0. The summed E-state index contributed by atoms with van der Waals surface area (Å²) in [5.41, 5.74) is 0. The standard InChI is InChI=1S/C67H130O17P2/c1-5-9-13-17-21-23-25-27-28-29-30-31-32-34-36-38-42-46-50-54-67(72)84-63(58-78-65(70)52-48-44-41-37-35-33-26-24-22-18-14-10-6-2)60-82-86(75,76)80-56-61(68)55-79-85(73,74)81-59-62(83-66(71)53-49-45-40-20-16-12-8-4)57-77-64(69)51-47-43-39-19-15-11-7-3/h61-63,68H,5-60H2,1-4H3,(H,73,74)(H,75,76)/t61-,62+,63+/m0/s1. The van der Waals surface area contributed by atoms with Gasteiger partial charge in [0.25, 0.3) is 0 Å². The Bertz CT molecular complexity index is 1650. The van der Waals surface area contributed by atoms with Crippen LogP contribution in [-0.4, -0.2) is 96.7 Å². The molecule has 0 spiro atoms. The highest BCUT2D eigenvalue weighted by molar-refractivity contribution is 7.47. The first kappa shape index (κ1) is 84.1. The molecule has 3 N–H and O–H groups in total. The Morgan fingerprint density at radius 2 is 0.465 bits per heavy atom. The van der Waals surface area contributed by atoms with E-state index in [0.717, 1.165) is 116 Å². The average molecular weight is 1270 g/mol. The van der Waals surface area contributed by atoms with Gasteiger partial charge in [-0.2, -0.15) is 0 Å². The second kappa shape index (κ2) is 61.9. The van der Waals surface area contributed by atoms with Gasteiger partial charge in [0.2, 0.25) is 0 Å². The molecular weight excluding hydrogens is 1140 g/mol. The number of carbonyl (C=O) groups excluding carboxylic acids is 4. The summed E-state index contributed by atoms with van der Waals surface area (Å²) in [4.78, 5) is 72.1. The molecule has 0 aliphatic rings. The fourth-order valence-electron chi connectivity index (χ4n) is 10.2. The molecule has 0 saturated heterocycles. The minimum atomic E-state index is -4.95. The van der Waals surface area contributed by atoms with Gasteiger partial charge in [0.1, 0.15) is 19.3 Å². The highest BCUT2D eigenvalue weighted by Crippen LogP contribution is 2.45. The van der Waals surface area contributed by atoms with E-state index in [0.29, 0.717) is 25.7 Å². The van der Waals surface area contributed by atoms with Crippen LogP contribution in [0.25, 0.3) is 0 Å². The largest absolute Gasteiger partial charge is 0.472 e. The summed E-state index contributed by atoms with van der Waals surface area (Å²) >= 11 is 0. The van der Waals surface area contributed by atoms with E-state index >= 15 is 0 Å². The Hall–Kier alpha value is -1.94. The third-order valence-electron chi connectivity index (χ3n) is 15.6. The maximum Gasteiger partial charge on any atom is 0.472 e. The van der Waals surface area contributed by atoms with Gasteiger partial charge in [-0.15, -0.1) is 0 Å². The van der Waals surface area contributed by atoms with Crippen molar-refractivity contribution >= 4 is 39.5 Å². The maximum absolute atomic E-state index is 13.0. The first-order valence-corrected chi connectivity index (χ1v) is 38.3. The molecule has 0 aliphatic heterocycles. The monoisotopic (exact) mass is 1270 g/mol. The molecule has 0 aromatic rings. The van der Waals surface area contributed by atoms with Gasteiger partial charge in [0.15, 0.2) is 12.2 Å². The smallest absolute Gasteiger partial charge is 0.462 e. The van der Waals surface area contributed by atoms with E-state index in [2.05, 4.69) is 27.7 Å². The van der Waals surface area contributed by atoms with Crippen molar-refractivity contribution in [3.8, 4) is 0 Å². The van der Waals surface area contributed by atoms with Crippen molar-refractivity contribution in [1.29, 1.82) is 0 Å². The average Bonchev–Trinajstić information content (AvgIpc) is 3.70. The van der Waals surface area contributed by atoms with Crippen LogP contribution in [0.15, 0.2) is 0 Å². The number of aliphatic hydroxyl groups excluding tert-OH is 1. The van der Waals surface area contributed by atoms with Gasteiger partial charge in [-0.05, 0) is 25.7 Å². The number of hydrogen-bond acceptors (Lipinski definition) is 15. The van der Waals surface area contributed by atoms with Crippen LogP contribution in [0.4, 0.5) is 0 Å². The normalized spacial score (nSPS) is 14.1. The zero-order chi connectivity index (χ0) is 63.3. The van der Waals surface area contributed by atoms with Gasteiger partial charge >= 0.3 is 39.5 Å². The first-order valence-electron chi connectivity index (χ1n) is 35.3. The number of ether oxygens (including phenoxy) is 4. The lowest BCUT2D eigenvalue weighted by molar-refractivity contribution is -0.161. The van der Waals surface area contributed by atoms with E-state index in [9.17, 15) is 43.2 Å². The third-order valence-corrected chi connectivity index (χ3v) is 17.5. The van der Waals surface area contributed by atoms with Crippen LogP contribution in [0, 0.1) is 0 Å². The Kier molecular flexibility index (Phi) is 60.5. The quantitative estimate of drug-likeness (QED) is 0.0222. The second-order valence-electron chi connectivity index (χ2n) is 24.2. The number of aliphatic hydroxyl groups is 1. The highest BCUT2D eigenvalue weighted by Gasteiger charge is 2.30. The molecule has 0 bridgehead atoms. The van der Waals surface area contributed by atoms with E-state index in [1.807, 2.05) is 0 Å². The molecule has 5 atom stereocenters. The number of hydrogen-bond donors (Lipinski definition) is 3. The van der Waals surface area contributed by atoms with Crippen LogP contribution >= 0.6 is 15.6 Å². The van der Waals surface area contributed by atoms with Crippen LogP contribution in [0.2, 0.25) is 0 Å². The Labute approximate surface area is 524 Å². The van der Waals surface area contributed by atoms with Crippen molar-refractivity contribution in [2.24, 2.45) is 0 Å². The molecule has 0 aromatic heterocycles. The molecular formula is C67H130O17P2. The molecule has 86 heavy (non-hydrogen) atoms. The topological polar surface area (TPSA) is 237 Å². The lowest BCUT2D eigenvalue weighted by Crippen LogP contribution is -2.30. The lowest BCUT2D eigenvalue weighted by Gasteiger charge is -2.21. The molecule has 510 valence electrons. The number of esters is 4. The molecule has 0 aromatic carbocycles. The number of phosphoric ester groups is 2. The van der Waals surface area contributed by atoms with Crippen molar-refractivity contribution in [3.05, 3.63) is 0 Å². The molecule has 0 amide bonds. The van der Waals surface area contributed by atoms with E-state index in [4.69, 9.17) is 37.0 Å². The molecule has 2 unspecified atom stereocenters. The van der Waals surface area contributed by atoms with Gasteiger partial charge in [-0.25, -0.2) is 9.13 Å². The molecule has 17 nitrogen and oxygen atoms in total. The molecule has 0 fully saturated rings. The highest BCUT2D eigenvalue weighted by atomic mass is 31.2. The predicted molar refractivity (Wildman–Crippen MR) is 345 cm³/mol. The zero-order valence-electron chi connectivity index (χ0n) is 55.3. The number of phosphoric acid groups is 2.